The first kappa shape index (κ1) is 37.1. The maximum Gasteiger partial charge on any atom is 0.320 e. The molecule has 260 valence electrons. The van der Waals surface area contributed by atoms with Crippen molar-refractivity contribution < 1.29 is 37.5 Å². The Morgan fingerprint density at radius 2 is 1.73 bits per heavy atom. The second kappa shape index (κ2) is 15.2. The molecule has 0 aromatic rings. The predicted molar refractivity (Wildman–Crippen MR) is 174 cm³/mol. The van der Waals surface area contributed by atoms with Gasteiger partial charge in [-0.2, -0.15) is 8.42 Å². The zero-order valence-corrected chi connectivity index (χ0v) is 29.3. The third kappa shape index (κ3) is 8.31. The Balaban J connectivity index is 1.38. The maximum absolute atomic E-state index is 12.8. The third-order valence-corrected chi connectivity index (χ3v) is 13.5. The lowest BCUT2D eigenvalue weighted by molar-refractivity contribution is -0.209. The SMILES string of the molecule is C[C@H](CCC(=O)NCCS(=O)(=O)O)[C@H]1CC[C@H]2[C@@H]3[C@H](O)CC4C[C@H](OC(=O)CN(CCCl)CCCl)CC[C@]4(C)[C@H]3C[C@H](O)[C@]12C. The van der Waals surface area contributed by atoms with Crippen LogP contribution in [0.15, 0.2) is 0 Å². The lowest BCUT2D eigenvalue weighted by Gasteiger charge is -2.63. The van der Waals surface area contributed by atoms with Gasteiger partial charge in [0.15, 0.2) is 0 Å². The number of carbonyl (C=O) groups excluding carboxylic acids is 2. The van der Waals surface area contributed by atoms with Gasteiger partial charge in [0.05, 0.1) is 24.5 Å². The van der Waals surface area contributed by atoms with E-state index in [2.05, 4.69) is 26.1 Å². The van der Waals surface area contributed by atoms with E-state index >= 15 is 0 Å². The van der Waals surface area contributed by atoms with Crippen LogP contribution in [-0.2, 0) is 24.4 Å². The van der Waals surface area contributed by atoms with Gasteiger partial charge in [0, 0.05) is 37.8 Å². The second-order valence-electron chi connectivity index (χ2n) is 14.8. The van der Waals surface area contributed by atoms with E-state index in [1.807, 2.05) is 4.90 Å². The highest BCUT2D eigenvalue weighted by Crippen LogP contribution is 2.68. The highest BCUT2D eigenvalue weighted by Gasteiger charge is 2.65. The van der Waals surface area contributed by atoms with Gasteiger partial charge in [-0.1, -0.05) is 20.8 Å². The molecule has 45 heavy (non-hydrogen) atoms. The number of rotatable bonds is 14. The van der Waals surface area contributed by atoms with Crippen LogP contribution in [0.1, 0.15) is 78.6 Å². The van der Waals surface area contributed by atoms with Crippen LogP contribution in [0.4, 0.5) is 0 Å². The lowest BCUT2D eigenvalue weighted by Crippen LogP contribution is -2.62. The largest absolute Gasteiger partial charge is 0.461 e. The molecule has 0 heterocycles. The average Bonchev–Trinajstić information content (AvgIpc) is 3.31. The molecule has 1 unspecified atom stereocenters. The Kier molecular flexibility index (Phi) is 12.6. The number of amides is 1. The first-order chi connectivity index (χ1) is 21.1. The average molecular weight is 698 g/mol. The summed E-state index contributed by atoms with van der Waals surface area (Å²) in [6.07, 6.45) is 5.23. The van der Waals surface area contributed by atoms with Gasteiger partial charge in [-0.15, -0.1) is 23.2 Å². The van der Waals surface area contributed by atoms with Gasteiger partial charge in [0.25, 0.3) is 10.1 Å². The van der Waals surface area contributed by atoms with Gasteiger partial charge in [-0.05, 0) is 97.7 Å². The Morgan fingerprint density at radius 1 is 1.04 bits per heavy atom. The van der Waals surface area contributed by atoms with E-state index in [0.29, 0.717) is 44.1 Å². The zero-order valence-electron chi connectivity index (χ0n) is 27.0. The molecule has 4 aliphatic carbocycles. The van der Waals surface area contributed by atoms with Gasteiger partial charge < -0.3 is 20.3 Å². The fourth-order valence-electron chi connectivity index (χ4n) is 10.1. The van der Waals surface area contributed by atoms with E-state index in [0.717, 1.165) is 32.1 Å². The minimum Gasteiger partial charge on any atom is -0.461 e. The Hall–Kier alpha value is -0.690. The molecule has 10 nitrogen and oxygen atoms in total. The van der Waals surface area contributed by atoms with Gasteiger partial charge >= 0.3 is 5.97 Å². The van der Waals surface area contributed by atoms with Crippen LogP contribution >= 0.6 is 23.2 Å². The minimum atomic E-state index is -4.13. The van der Waals surface area contributed by atoms with Crippen LogP contribution in [0.2, 0.25) is 0 Å². The van der Waals surface area contributed by atoms with Crippen molar-refractivity contribution in [2.75, 3.05) is 43.7 Å². The summed E-state index contributed by atoms with van der Waals surface area (Å²) in [4.78, 5) is 27.0. The summed E-state index contributed by atoms with van der Waals surface area (Å²) >= 11 is 11.8. The van der Waals surface area contributed by atoms with E-state index in [-0.39, 0.29) is 83.8 Å². The van der Waals surface area contributed by atoms with Crippen molar-refractivity contribution in [3.8, 4) is 0 Å². The Bertz CT molecular complexity index is 1140. The third-order valence-electron chi connectivity index (χ3n) is 12.5. The highest BCUT2D eigenvalue weighted by molar-refractivity contribution is 7.85. The summed E-state index contributed by atoms with van der Waals surface area (Å²) < 4.78 is 36.7. The number of nitrogens with one attached hydrogen (secondary N) is 1. The summed E-state index contributed by atoms with van der Waals surface area (Å²) in [6, 6.07) is 0. The molecule has 4 aliphatic rings. The summed E-state index contributed by atoms with van der Waals surface area (Å²) in [5.41, 5.74) is -0.418. The van der Waals surface area contributed by atoms with E-state index in [9.17, 15) is 28.2 Å². The molecular weight excluding hydrogens is 643 g/mol. The molecule has 1 amide bonds. The number of halogens is 2. The summed E-state index contributed by atoms with van der Waals surface area (Å²) in [5, 5.41) is 26.1. The summed E-state index contributed by atoms with van der Waals surface area (Å²) in [5.74, 6) is 0.835. The van der Waals surface area contributed by atoms with Gasteiger partial charge in [0.2, 0.25) is 5.91 Å². The van der Waals surface area contributed by atoms with Crippen LogP contribution in [-0.4, -0.2) is 102 Å². The van der Waals surface area contributed by atoms with Crippen molar-refractivity contribution in [1.82, 2.24) is 10.2 Å². The molecule has 11 atom stereocenters. The van der Waals surface area contributed by atoms with Crippen molar-refractivity contribution >= 4 is 45.2 Å². The fraction of sp³-hybridized carbons (Fsp3) is 0.938. The standard InChI is InChI=1S/C32H54Cl2N2O8S/c1-20(4-7-28(39)35-12-15-45(41,42)43)23-5-6-24-30-25(18-27(38)32(23,24)3)31(2)9-8-22(16-21(31)17-26(30)37)44-29(40)19-36(13-10-33)14-11-34/h20-27,30,37-38H,4-19H2,1-3H3,(H,35,39)(H,41,42,43)/t20-,21?,22-,23-,24+,25+,26-,27+,30+,31+,32-/m1/s1. The molecule has 0 radical (unpaired) electrons. The number of esters is 1. The lowest BCUT2D eigenvalue weighted by atomic mass is 9.43. The Labute approximate surface area is 279 Å². The number of hydrogen-bond donors (Lipinski definition) is 4. The van der Waals surface area contributed by atoms with Crippen molar-refractivity contribution in [2.45, 2.75) is 96.9 Å². The van der Waals surface area contributed by atoms with Crippen LogP contribution in [0.5, 0.6) is 0 Å². The smallest absolute Gasteiger partial charge is 0.320 e. The number of ether oxygens (including phenoxy) is 1. The van der Waals surface area contributed by atoms with Crippen LogP contribution in [0, 0.1) is 46.3 Å². The number of fused-ring (bicyclic) bond motifs is 5. The van der Waals surface area contributed by atoms with Crippen LogP contribution < -0.4 is 5.32 Å². The normalized spacial score (nSPS) is 38.6. The molecule has 0 aromatic heterocycles. The van der Waals surface area contributed by atoms with Crippen molar-refractivity contribution in [3.05, 3.63) is 0 Å². The van der Waals surface area contributed by atoms with Crippen LogP contribution in [0.3, 0.4) is 0 Å². The number of alkyl halides is 2. The van der Waals surface area contributed by atoms with Crippen LogP contribution in [0.25, 0.3) is 0 Å². The Morgan fingerprint density at radius 3 is 2.38 bits per heavy atom. The van der Waals surface area contributed by atoms with E-state index in [1.54, 1.807) is 0 Å². The first-order valence-electron chi connectivity index (χ1n) is 16.8. The molecule has 4 fully saturated rings. The molecule has 0 spiro atoms. The highest BCUT2D eigenvalue weighted by atomic mass is 35.5. The molecule has 4 saturated carbocycles. The first-order valence-corrected chi connectivity index (χ1v) is 19.4. The van der Waals surface area contributed by atoms with E-state index in [4.69, 9.17) is 32.5 Å². The number of nitrogens with zero attached hydrogens (tertiary/aromatic N) is 1. The number of aliphatic hydroxyl groups excluding tert-OH is 2. The van der Waals surface area contributed by atoms with Crippen molar-refractivity contribution in [3.63, 3.8) is 0 Å². The molecule has 13 heteroatoms. The number of carbonyl (C=O) groups is 2. The quantitative estimate of drug-likeness (QED) is 0.121. The molecule has 4 N–H and O–H groups in total. The zero-order chi connectivity index (χ0) is 33.2. The second-order valence-corrected chi connectivity index (χ2v) is 17.1. The molecule has 0 bridgehead atoms. The molecule has 4 rings (SSSR count). The topological polar surface area (TPSA) is 153 Å². The fourth-order valence-corrected chi connectivity index (χ4v) is 10.9. The van der Waals surface area contributed by atoms with Crippen molar-refractivity contribution in [1.29, 1.82) is 0 Å². The number of hydrogen-bond acceptors (Lipinski definition) is 8. The van der Waals surface area contributed by atoms with Crippen molar-refractivity contribution in [2.24, 2.45) is 46.3 Å². The monoisotopic (exact) mass is 696 g/mol. The van der Waals surface area contributed by atoms with Gasteiger partial charge in [0.1, 0.15) is 6.10 Å². The molecular formula is C32H54Cl2N2O8S. The van der Waals surface area contributed by atoms with Gasteiger partial charge in [-0.3, -0.25) is 19.0 Å². The van der Waals surface area contributed by atoms with E-state index < -0.39 is 28.1 Å². The van der Waals surface area contributed by atoms with Gasteiger partial charge in [-0.25, -0.2) is 0 Å². The summed E-state index contributed by atoms with van der Waals surface area (Å²) in [6.45, 7) is 7.82. The molecule has 0 aliphatic heterocycles. The maximum atomic E-state index is 12.8. The number of aliphatic hydroxyl groups is 2. The van der Waals surface area contributed by atoms with E-state index in [1.165, 1.54) is 0 Å². The predicted octanol–water partition coefficient (Wildman–Crippen LogP) is 3.70. The molecule has 0 aromatic carbocycles. The minimum absolute atomic E-state index is 0.0533. The molecule has 0 saturated heterocycles. The summed E-state index contributed by atoms with van der Waals surface area (Å²) in [7, 11) is -4.13.